The van der Waals surface area contributed by atoms with Gasteiger partial charge in [-0.2, -0.15) is 0 Å². The van der Waals surface area contributed by atoms with Crippen molar-refractivity contribution in [3.63, 3.8) is 0 Å². The smallest absolute Gasteiger partial charge is 0.0654 e. The molecule has 4 rings (SSSR count). The first kappa shape index (κ1) is 26.6. The van der Waals surface area contributed by atoms with Crippen LogP contribution >= 0.6 is 0 Å². The van der Waals surface area contributed by atoms with E-state index in [0.29, 0.717) is 5.92 Å². The molecular formula is C30H52O4. The summed E-state index contributed by atoms with van der Waals surface area (Å²) >= 11 is 0. The fourth-order valence-electron chi connectivity index (χ4n) is 10.5. The predicted molar refractivity (Wildman–Crippen MR) is 137 cm³/mol. The minimum atomic E-state index is -0.810. The maximum atomic E-state index is 11.8. The Hall–Kier alpha value is -0.420. The molecule has 0 spiro atoms. The molecule has 4 saturated carbocycles. The third-order valence-electron chi connectivity index (χ3n) is 12.3. The van der Waals surface area contributed by atoms with Gasteiger partial charge in [0.05, 0.1) is 23.9 Å². The van der Waals surface area contributed by atoms with E-state index in [-0.39, 0.29) is 39.4 Å². The summed E-state index contributed by atoms with van der Waals surface area (Å²) in [6.07, 6.45) is 7.54. The van der Waals surface area contributed by atoms with Crippen molar-refractivity contribution in [2.45, 2.75) is 131 Å². The van der Waals surface area contributed by atoms with E-state index in [4.69, 9.17) is 0 Å². The van der Waals surface area contributed by atoms with Gasteiger partial charge in [0.25, 0.3) is 0 Å². The molecule has 11 atom stereocenters. The zero-order chi connectivity index (χ0) is 25.5. The first-order valence-corrected chi connectivity index (χ1v) is 13.9. The standard InChI is InChI=1S/C30H52O4/c1-18(2)10-9-13-30(8,34)19-11-15-28(6)24(19)20(31)16-22-27(5)14-12-23(33)26(3,4)25(27)21(32)17-29(22,28)7/h10,19-25,31-34H,9,11-17H2,1-8H3/t19-,20?,21?,22+,23?,24-,25?,27+,28-,29+,30-/m0/s1. The summed E-state index contributed by atoms with van der Waals surface area (Å²) < 4.78 is 0. The molecule has 0 amide bonds. The number of fused-ring (bicyclic) bond motifs is 5. The van der Waals surface area contributed by atoms with Crippen LogP contribution < -0.4 is 0 Å². The summed E-state index contributed by atoms with van der Waals surface area (Å²) in [5, 5.41) is 46.0. The van der Waals surface area contributed by atoms with E-state index in [1.165, 1.54) is 5.57 Å². The molecule has 0 aromatic rings. The largest absolute Gasteiger partial charge is 0.393 e. The summed E-state index contributed by atoms with van der Waals surface area (Å²) in [5.74, 6) is 0.442. The molecule has 4 N–H and O–H groups in total. The SMILES string of the molecule is CC(C)=CCC[C@](C)(O)[C@H]1CC[C@@]2(C)[C@@H]1C(O)C[C@@H]1[C@@]3(C)CCC(O)C(C)(C)C3C(O)C[C@]12C. The minimum absolute atomic E-state index is 0.0264. The zero-order valence-electron chi connectivity index (χ0n) is 23.1. The third kappa shape index (κ3) is 3.60. The number of aliphatic hydroxyl groups excluding tert-OH is 3. The van der Waals surface area contributed by atoms with Crippen LogP contribution in [0.1, 0.15) is 107 Å². The maximum Gasteiger partial charge on any atom is 0.0654 e. The number of allylic oxidation sites excluding steroid dienone is 2. The highest BCUT2D eigenvalue weighted by molar-refractivity contribution is 5.21. The minimum Gasteiger partial charge on any atom is -0.393 e. The Morgan fingerprint density at radius 3 is 2.21 bits per heavy atom. The van der Waals surface area contributed by atoms with E-state index in [0.717, 1.165) is 51.4 Å². The topological polar surface area (TPSA) is 80.9 Å². The molecular weight excluding hydrogens is 424 g/mol. The van der Waals surface area contributed by atoms with E-state index < -0.39 is 23.9 Å². The third-order valence-corrected chi connectivity index (χ3v) is 12.3. The molecule has 4 aliphatic rings. The van der Waals surface area contributed by atoms with Crippen molar-refractivity contribution < 1.29 is 20.4 Å². The van der Waals surface area contributed by atoms with Crippen LogP contribution in [-0.4, -0.2) is 44.3 Å². The lowest BCUT2D eigenvalue weighted by molar-refractivity contribution is -0.274. The number of hydrogen-bond acceptors (Lipinski definition) is 4. The van der Waals surface area contributed by atoms with E-state index >= 15 is 0 Å². The van der Waals surface area contributed by atoms with Gasteiger partial charge in [-0.15, -0.1) is 0 Å². The van der Waals surface area contributed by atoms with Gasteiger partial charge >= 0.3 is 0 Å². The Labute approximate surface area is 208 Å². The number of rotatable bonds is 4. The Balaban J connectivity index is 1.70. The van der Waals surface area contributed by atoms with Gasteiger partial charge in [-0.05, 0) is 117 Å². The molecule has 196 valence electrons. The van der Waals surface area contributed by atoms with Crippen molar-refractivity contribution in [1.82, 2.24) is 0 Å². The molecule has 4 heteroatoms. The van der Waals surface area contributed by atoms with Crippen molar-refractivity contribution in [2.24, 2.45) is 45.3 Å². The molecule has 4 fully saturated rings. The van der Waals surface area contributed by atoms with Crippen LogP contribution in [0.2, 0.25) is 0 Å². The summed E-state index contributed by atoms with van der Waals surface area (Å²) in [6.45, 7) is 17.5. The fourth-order valence-corrected chi connectivity index (χ4v) is 10.5. The van der Waals surface area contributed by atoms with Gasteiger partial charge < -0.3 is 20.4 Å². The first-order valence-electron chi connectivity index (χ1n) is 13.9. The van der Waals surface area contributed by atoms with Crippen LogP contribution in [0.5, 0.6) is 0 Å². The van der Waals surface area contributed by atoms with E-state index in [2.05, 4.69) is 54.5 Å². The van der Waals surface area contributed by atoms with Crippen LogP contribution in [0.25, 0.3) is 0 Å². The van der Waals surface area contributed by atoms with Gasteiger partial charge in [0, 0.05) is 0 Å². The number of aliphatic hydroxyl groups is 4. The molecule has 0 heterocycles. The van der Waals surface area contributed by atoms with Gasteiger partial charge in [0.1, 0.15) is 0 Å². The second kappa shape index (κ2) is 8.30. The van der Waals surface area contributed by atoms with Crippen molar-refractivity contribution in [2.75, 3.05) is 0 Å². The maximum absolute atomic E-state index is 11.8. The Kier molecular flexibility index (Phi) is 6.50. The van der Waals surface area contributed by atoms with E-state index in [1.54, 1.807) is 0 Å². The molecule has 4 nitrogen and oxygen atoms in total. The lowest BCUT2D eigenvalue weighted by Crippen LogP contribution is -2.69. The monoisotopic (exact) mass is 476 g/mol. The average molecular weight is 477 g/mol. The quantitative estimate of drug-likeness (QED) is 0.406. The Morgan fingerprint density at radius 1 is 0.941 bits per heavy atom. The molecule has 0 saturated heterocycles. The molecule has 0 aliphatic heterocycles. The molecule has 0 aromatic carbocycles. The normalized spacial score (nSPS) is 51.6. The summed E-state index contributed by atoms with van der Waals surface area (Å²) in [7, 11) is 0. The lowest BCUT2D eigenvalue weighted by atomic mass is 9.34. The van der Waals surface area contributed by atoms with Crippen LogP contribution in [-0.2, 0) is 0 Å². The molecule has 0 bridgehead atoms. The molecule has 34 heavy (non-hydrogen) atoms. The number of hydrogen-bond donors (Lipinski definition) is 4. The van der Waals surface area contributed by atoms with Crippen LogP contribution in [0.15, 0.2) is 11.6 Å². The van der Waals surface area contributed by atoms with Gasteiger partial charge in [-0.1, -0.05) is 46.3 Å². The Morgan fingerprint density at radius 2 is 1.59 bits per heavy atom. The van der Waals surface area contributed by atoms with Crippen LogP contribution in [0.3, 0.4) is 0 Å². The second-order valence-electron chi connectivity index (χ2n) is 14.7. The van der Waals surface area contributed by atoms with Crippen molar-refractivity contribution >= 4 is 0 Å². The van der Waals surface area contributed by atoms with Crippen molar-refractivity contribution in [3.8, 4) is 0 Å². The average Bonchev–Trinajstić information content (AvgIpc) is 3.07. The molecule has 0 aromatic heterocycles. The van der Waals surface area contributed by atoms with Crippen LogP contribution in [0, 0.1) is 45.3 Å². The summed E-state index contributed by atoms with van der Waals surface area (Å²) in [4.78, 5) is 0. The van der Waals surface area contributed by atoms with Crippen molar-refractivity contribution in [3.05, 3.63) is 11.6 Å². The summed E-state index contributed by atoms with van der Waals surface area (Å²) in [6, 6.07) is 0. The first-order chi connectivity index (χ1) is 15.5. The van der Waals surface area contributed by atoms with Gasteiger partial charge in [0.2, 0.25) is 0 Å². The highest BCUT2D eigenvalue weighted by atomic mass is 16.3. The lowest BCUT2D eigenvalue weighted by Gasteiger charge is -2.71. The highest BCUT2D eigenvalue weighted by Gasteiger charge is 2.72. The molecule has 0 radical (unpaired) electrons. The fraction of sp³-hybridized carbons (Fsp3) is 0.933. The van der Waals surface area contributed by atoms with E-state index in [9.17, 15) is 20.4 Å². The zero-order valence-corrected chi connectivity index (χ0v) is 23.1. The van der Waals surface area contributed by atoms with Gasteiger partial charge in [-0.3, -0.25) is 0 Å². The van der Waals surface area contributed by atoms with Crippen LogP contribution in [0.4, 0.5) is 0 Å². The molecule has 4 unspecified atom stereocenters. The van der Waals surface area contributed by atoms with Crippen molar-refractivity contribution in [1.29, 1.82) is 0 Å². The predicted octanol–water partition coefficient (Wildman–Crippen LogP) is 5.47. The Bertz CT molecular complexity index is 813. The van der Waals surface area contributed by atoms with Gasteiger partial charge in [-0.25, -0.2) is 0 Å². The van der Waals surface area contributed by atoms with E-state index in [1.807, 2.05) is 6.92 Å². The highest BCUT2D eigenvalue weighted by Crippen LogP contribution is 2.75. The second-order valence-corrected chi connectivity index (χ2v) is 14.7. The van der Waals surface area contributed by atoms with Gasteiger partial charge in [0.15, 0.2) is 0 Å². The summed E-state index contributed by atoms with van der Waals surface area (Å²) in [5.41, 5.74) is -0.230. The molecule has 4 aliphatic carbocycles.